The molecule has 0 unspecified atom stereocenters. The summed E-state index contributed by atoms with van der Waals surface area (Å²) in [6, 6.07) is 5.81. The van der Waals surface area contributed by atoms with Crippen LogP contribution in [0.4, 0.5) is 5.69 Å². The number of hydrogen-bond donors (Lipinski definition) is 2. The van der Waals surface area contributed by atoms with Crippen LogP contribution in [0.5, 0.6) is 0 Å². The number of halogens is 1. The van der Waals surface area contributed by atoms with E-state index in [0.717, 1.165) is 0 Å². The average molecular weight is 219 g/mol. The van der Waals surface area contributed by atoms with Crippen molar-refractivity contribution < 1.29 is 10.0 Å². The molecular formula is C8H11ClN2O3. The molecule has 6 heteroatoms. The Morgan fingerprint density at radius 2 is 2.21 bits per heavy atom. The van der Waals surface area contributed by atoms with E-state index in [-0.39, 0.29) is 24.6 Å². The Labute approximate surface area is 87.1 Å². The van der Waals surface area contributed by atoms with Crippen molar-refractivity contribution in [2.24, 2.45) is 5.73 Å². The molecule has 0 aromatic heterocycles. The number of nitrogens with zero attached hydrogens (tertiary/aromatic N) is 1. The average Bonchev–Trinajstić information content (AvgIpc) is 2.17. The van der Waals surface area contributed by atoms with Gasteiger partial charge in [-0.15, -0.1) is 12.4 Å². The lowest BCUT2D eigenvalue weighted by molar-refractivity contribution is -0.385. The van der Waals surface area contributed by atoms with Crippen LogP contribution in [0.25, 0.3) is 0 Å². The third-order valence-electron chi connectivity index (χ3n) is 1.69. The highest BCUT2D eigenvalue weighted by Crippen LogP contribution is 2.17. The monoisotopic (exact) mass is 218 g/mol. The second-order valence-corrected chi connectivity index (χ2v) is 2.60. The molecule has 1 rings (SSSR count). The van der Waals surface area contributed by atoms with Gasteiger partial charge >= 0.3 is 0 Å². The predicted octanol–water partition coefficient (Wildman–Crippen LogP) is 1.01. The first kappa shape index (κ1) is 12.8. The summed E-state index contributed by atoms with van der Waals surface area (Å²) in [5, 5.41) is 19.6. The summed E-state index contributed by atoms with van der Waals surface area (Å²) in [7, 11) is 0. The molecule has 0 saturated carbocycles. The van der Waals surface area contributed by atoms with Crippen molar-refractivity contribution in [2.45, 2.75) is 6.10 Å². The van der Waals surface area contributed by atoms with Crippen LogP contribution in [0, 0.1) is 10.1 Å². The molecule has 3 N–H and O–H groups in total. The van der Waals surface area contributed by atoms with Crippen molar-refractivity contribution in [2.75, 3.05) is 6.54 Å². The van der Waals surface area contributed by atoms with Gasteiger partial charge in [0, 0.05) is 18.7 Å². The van der Waals surface area contributed by atoms with Crippen molar-refractivity contribution in [3.63, 3.8) is 0 Å². The molecule has 0 fully saturated rings. The zero-order valence-corrected chi connectivity index (χ0v) is 8.11. The minimum atomic E-state index is -0.833. The Kier molecular flexibility index (Phi) is 5.07. The Morgan fingerprint density at radius 1 is 1.57 bits per heavy atom. The Hall–Kier alpha value is -1.17. The number of non-ortho nitro benzene ring substituents is 1. The predicted molar refractivity (Wildman–Crippen MR) is 54.4 cm³/mol. The third kappa shape index (κ3) is 2.95. The highest BCUT2D eigenvalue weighted by molar-refractivity contribution is 5.85. The zero-order chi connectivity index (χ0) is 9.84. The van der Waals surface area contributed by atoms with Crippen LogP contribution in [0.3, 0.4) is 0 Å². The summed E-state index contributed by atoms with van der Waals surface area (Å²) in [6.45, 7) is 0.0567. The summed E-state index contributed by atoms with van der Waals surface area (Å²) in [5.41, 5.74) is 5.64. The van der Waals surface area contributed by atoms with E-state index in [9.17, 15) is 15.2 Å². The first-order chi connectivity index (χ1) is 6.15. The largest absolute Gasteiger partial charge is 0.387 e. The van der Waals surface area contributed by atoms with Gasteiger partial charge < -0.3 is 10.8 Å². The molecule has 0 bridgehead atoms. The van der Waals surface area contributed by atoms with E-state index in [1.54, 1.807) is 6.07 Å². The lowest BCUT2D eigenvalue weighted by Gasteiger charge is -2.06. The number of benzene rings is 1. The molecule has 0 aliphatic rings. The number of nitrogens with two attached hydrogens (primary N) is 1. The molecule has 0 heterocycles. The molecule has 1 aromatic carbocycles. The molecule has 0 aliphatic heterocycles. The van der Waals surface area contributed by atoms with E-state index in [0.29, 0.717) is 5.56 Å². The van der Waals surface area contributed by atoms with E-state index in [4.69, 9.17) is 5.73 Å². The van der Waals surface area contributed by atoms with Crippen molar-refractivity contribution in [3.8, 4) is 0 Å². The van der Waals surface area contributed by atoms with Gasteiger partial charge in [-0.25, -0.2) is 0 Å². The van der Waals surface area contributed by atoms with Crippen LogP contribution in [0.15, 0.2) is 24.3 Å². The van der Waals surface area contributed by atoms with E-state index in [1.807, 2.05) is 0 Å². The Morgan fingerprint density at radius 3 is 2.71 bits per heavy atom. The van der Waals surface area contributed by atoms with Crippen LogP contribution >= 0.6 is 12.4 Å². The fraction of sp³-hybridized carbons (Fsp3) is 0.250. The van der Waals surface area contributed by atoms with Crippen molar-refractivity contribution in [3.05, 3.63) is 39.9 Å². The number of aliphatic hydroxyl groups excluding tert-OH is 1. The number of aliphatic hydroxyl groups is 1. The van der Waals surface area contributed by atoms with Crippen molar-refractivity contribution in [1.82, 2.24) is 0 Å². The lowest BCUT2D eigenvalue weighted by atomic mass is 10.1. The van der Waals surface area contributed by atoms with E-state index in [1.165, 1.54) is 18.2 Å². The maximum atomic E-state index is 10.4. The minimum absolute atomic E-state index is 0. The maximum absolute atomic E-state index is 10.4. The second kappa shape index (κ2) is 5.54. The van der Waals surface area contributed by atoms with E-state index < -0.39 is 11.0 Å². The molecule has 1 atom stereocenters. The summed E-state index contributed by atoms with van der Waals surface area (Å²) < 4.78 is 0. The van der Waals surface area contributed by atoms with Crippen molar-refractivity contribution >= 4 is 18.1 Å². The fourth-order valence-electron chi connectivity index (χ4n) is 0.982. The summed E-state index contributed by atoms with van der Waals surface area (Å²) in [6.07, 6.45) is -0.833. The number of nitro benzene ring substituents is 1. The molecule has 14 heavy (non-hydrogen) atoms. The van der Waals surface area contributed by atoms with Crippen LogP contribution in [-0.2, 0) is 0 Å². The topological polar surface area (TPSA) is 89.4 Å². The van der Waals surface area contributed by atoms with Gasteiger partial charge in [-0.2, -0.15) is 0 Å². The first-order valence-electron chi connectivity index (χ1n) is 3.77. The van der Waals surface area contributed by atoms with E-state index in [2.05, 4.69) is 0 Å². The summed E-state index contributed by atoms with van der Waals surface area (Å²) in [4.78, 5) is 9.85. The Balaban J connectivity index is 0.00000169. The molecular weight excluding hydrogens is 208 g/mol. The first-order valence-corrected chi connectivity index (χ1v) is 3.77. The molecule has 0 amide bonds. The number of nitro groups is 1. The molecule has 0 aliphatic carbocycles. The second-order valence-electron chi connectivity index (χ2n) is 2.60. The van der Waals surface area contributed by atoms with Gasteiger partial charge in [-0.05, 0) is 5.56 Å². The Bertz CT molecular complexity index is 319. The van der Waals surface area contributed by atoms with Gasteiger partial charge in [0.05, 0.1) is 11.0 Å². The molecule has 0 spiro atoms. The van der Waals surface area contributed by atoms with Gasteiger partial charge in [0.25, 0.3) is 5.69 Å². The molecule has 5 nitrogen and oxygen atoms in total. The van der Waals surface area contributed by atoms with Crippen LogP contribution < -0.4 is 5.73 Å². The highest BCUT2D eigenvalue weighted by atomic mass is 35.5. The molecule has 0 radical (unpaired) electrons. The van der Waals surface area contributed by atoms with E-state index >= 15 is 0 Å². The minimum Gasteiger partial charge on any atom is -0.387 e. The standard InChI is InChI=1S/C8H10N2O3.ClH/c9-5-8(11)6-2-1-3-7(4-6)10(12)13;/h1-4,8,11H,5,9H2;1H/t8-;/m0./s1. The number of hydrogen-bond acceptors (Lipinski definition) is 4. The van der Waals surface area contributed by atoms with Gasteiger partial charge in [0.15, 0.2) is 0 Å². The fourth-order valence-corrected chi connectivity index (χ4v) is 0.982. The highest BCUT2D eigenvalue weighted by Gasteiger charge is 2.10. The quantitative estimate of drug-likeness (QED) is 0.585. The van der Waals surface area contributed by atoms with Gasteiger partial charge in [0.2, 0.25) is 0 Å². The van der Waals surface area contributed by atoms with Crippen LogP contribution in [0.2, 0.25) is 0 Å². The maximum Gasteiger partial charge on any atom is 0.269 e. The van der Waals surface area contributed by atoms with Crippen LogP contribution in [-0.4, -0.2) is 16.6 Å². The van der Waals surface area contributed by atoms with Gasteiger partial charge in [0.1, 0.15) is 0 Å². The molecule has 0 saturated heterocycles. The van der Waals surface area contributed by atoms with Crippen molar-refractivity contribution in [1.29, 1.82) is 0 Å². The number of rotatable bonds is 3. The summed E-state index contributed by atoms with van der Waals surface area (Å²) >= 11 is 0. The molecule has 78 valence electrons. The third-order valence-corrected chi connectivity index (χ3v) is 1.69. The van der Waals surface area contributed by atoms with Gasteiger partial charge in [-0.3, -0.25) is 10.1 Å². The van der Waals surface area contributed by atoms with Crippen LogP contribution in [0.1, 0.15) is 11.7 Å². The lowest BCUT2D eigenvalue weighted by Crippen LogP contribution is -2.11. The van der Waals surface area contributed by atoms with Gasteiger partial charge in [-0.1, -0.05) is 12.1 Å². The normalized spacial score (nSPS) is 11.6. The smallest absolute Gasteiger partial charge is 0.269 e. The SMILES string of the molecule is Cl.NC[C@H](O)c1cccc([N+](=O)[O-])c1. The molecule has 1 aromatic rings. The zero-order valence-electron chi connectivity index (χ0n) is 7.29. The summed E-state index contributed by atoms with van der Waals surface area (Å²) in [5.74, 6) is 0.